The van der Waals surface area contributed by atoms with Crippen LogP contribution in [0, 0.1) is 0 Å². The molecule has 0 bridgehead atoms. The minimum absolute atomic E-state index is 0.182. The maximum Gasteiger partial charge on any atom is 0.277 e. The van der Waals surface area contributed by atoms with Crippen LogP contribution in [0.4, 0.5) is 0 Å². The van der Waals surface area contributed by atoms with Gasteiger partial charge < -0.3 is 18.9 Å². The first-order valence-electron chi connectivity index (χ1n) is 9.92. The van der Waals surface area contributed by atoms with E-state index in [2.05, 4.69) is 26.5 Å². The molecule has 1 amide bonds. The van der Waals surface area contributed by atoms with Gasteiger partial charge in [-0.05, 0) is 75.6 Å². The summed E-state index contributed by atoms with van der Waals surface area (Å²) in [5.74, 6) is 1.85. The van der Waals surface area contributed by atoms with E-state index in [1.807, 2.05) is 6.07 Å². The summed E-state index contributed by atoms with van der Waals surface area (Å²) in [6, 6.07) is 15.7. The van der Waals surface area contributed by atoms with Crippen LogP contribution < -0.4 is 24.4 Å². The zero-order valence-corrected chi connectivity index (χ0v) is 21.4. The second-order valence-electron chi connectivity index (χ2n) is 6.83. The summed E-state index contributed by atoms with van der Waals surface area (Å²) < 4.78 is 22.5. The van der Waals surface area contributed by atoms with E-state index in [-0.39, 0.29) is 13.2 Å². The standard InChI is InChI=1S/C24H21BrCl2N2O5/c1-31-17-4-6-18(7-5-17)33-14-23(30)29-28-12-16-9-19(25)24(22(11-16)32-2)34-13-15-3-8-20(26)21(27)10-15/h3-12H,13-14H2,1-2H3,(H,29,30)/b28-12-. The molecule has 0 spiro atoms. The molecule has 0 saturated heterocycles. The van der Waals surface area contributed by atoms with Gasteiger partial charge in [0.15, 0.2) is 18.1 Å². The molecule has 0 aromatic heterocycles. The number of nitrogens with one attached hydrogen (secondary N) is 1. The molecule has 0 saturated carbocycles. The quantitative estimate of drug-likeness (QED) is 0.244. The monoisotopic (exact) mass is 566 g/mol. The lowest BCUT2D eigenvalue weighted by Gasteiger charge is -2.14. The lowest BCUT2D eigenvalue weighted by Crippen LogP contribution is -2.24. The van der Waals surface area contributed by atoms with Gasteiger partial charge in [-0.3, -0.25) is 4.79 Å². The largest absolute Gasteiger partial charge is 0.497 e. The second kappa shape index (κ2) is 12.5. The Morgan fingerprint density at radius 2 is 1.71 bits per heavy atom. The fourth-order valence-electron chi connectivity index (χ4n) is 2.77. The number of amides is 1. The molecule has 0 aliphatic heterocycles. The highest BCUT2D eigenvalue weighted by atomic mass is 79.9. The lowest BCUT2D eigenvalue weighted by molar-refractivity contribution is -0.123. The van der Waals surface area contributed by atoms with Gasteiger partial charge in [0.1, 0.15) is 18.1 Å². The van der Waals surface area contributed by atoms with Gasteiger partial charge in [0.25, 0.3) is 5.91 Å². The number of benzene rings is 3. The topological polar surface area (TPSA) is 78.4 Å². The van der Waals surface area contributed by atoms with Crippen LogP contribution >= 0.6 is 39.1 Å². The Morgan fingerprint density at radius 3 is 2.38 bits per heavy atom. The maximum absolute atomic E-state index is 12.0. The highest BCUT2D eigenvalue weighted by molar-refractivity contribution is 9.10. The predicted molar refractivity (Wildman–Crippen MR) is 136 cm³/mol. The van der Waals surface area contributed by atoms with Crippen LogP contribution in [-0.4, -0.2) is 32.9 Å². The van der Waals surface area contributed by atoms with Crippen molar-refractivity contribution in [3.05, 3.63) is 80.2 Å². The van der Waals surface area contributed by atoms with Gasteiger partial charge in [-0.15, -0.1) is 0 Å². The van der Waals surface area contributed by atoms with Crippen molar-refractivity contribution in [3.63, 3.8) is 0 Å². The number of carbonyl (C=O) groups excluding carboxylic acids is 1. The number of rotatable bonds is 10. The lowest BCUT2D eigenvalue weighted by atomic mass is 10.2. The van der Waals surface area contributed by atoms with Gasteiger partial charge in [0, 0.05) is 0 Å². The molecule has 178 valence electrons. The maximum atomic E-state index is 12.0. The summed E-state index contributed by atoms with van der Waals surface area (Å²) in [4.78, 5) is 12.0. The molecule has 0 radical (unpaired) electrons. The molecular formula is C24H21BrCl2N2O5. The van der Waals surface area contributed by atoms with Crippen molar-refractivity contribution in [1.29, 1.82) is 0 Å². The molecule has 0 unspecified atom stereocenters. The summed E-state index contributed by atoms with van der Waals surface area (Å²) in [5.41, 5.74) is 3.96. The number of halogens is 3. The van der Waals surface area contributed by atoms with Crippen molar-refractivity contribution in [2.24, 2.45) is 5.10 Å². The number of hydrazone groups is 1. The average molecular weight is 568 g/mol. The third kappa shape index (κ3) is 7.28. The van der Waals surface area contributed by atoms with Crippen molar-refractivity contribution < 1.29 is 23.7 Å². The Morgan fingerprint density at radius 1 is 0.971 bits per heavy atom. The molecule has 0 aliphatic rings. The number of ether oxygens (including phenoxy) is 4. The summed E-state index contributed by atoms with van der Waals surface area (Å²) in [7, 11) is 3.11. The Labute approximate surface area is 215 Å². The smallest absolute Gasteiger partial charge is 0.277 e. The van der Waals surface area contributed by atoms with Crippen LogP contribution in [0.5, 0.6) is 23.0 Å². The molecule has 3 aromatic carbocycles. The highest BCUT2D eigenvalue weighted by Gasteiger charge is 2.12. The number of carbonyl (C=O) groups is 1. The normalized spacial score (nSPS) is 10.7. The van der Waals surface area contributed by atoms with E-state index in [1.54, 1.807) is 55.6 Å². The summed E-state index contributed by atoms with van der Waals surface area (Å²) >= 11 is 15.5. The van der Waals surface area contributed by atoms with Crippen LogP contribution in [0.1, 0.15) is 11.1 Å². The first-order chi connectivity index (χ1) is 16.4. The summed E-state index contributed by atoms with van der Waals surface area (Å²) in [6.07, 6.45) is 1.49. The number of hydrogen-bond acceptors (Lipinski definition) is 6. The van der Waals surface area contributed by atoms with Gasteiger partial charge in [-0.2, -0.15) is 5.10 Å². The highest BCUT2D eigenvalue weighted by Crippen LogP contribution is 2.37. The Kier molecular flexibility index (Phi) is 9.44. The van der Waals surface area contributed by atoms with Gasteiger partial charge in [0.05, 0.1) is 35.0 Å². The van der Waals surface area contributed by atoms with Crippen LogP contribution in [-0.2, 0) is 11.4 Å². The second-order valence-corrected chi connectivity index (χ2v) is 8.50. The zero-order valence-electron chi connectivity index (χ0n) is 18.3. The first kappa shape index (κ1) is 25.7. The van der Waals surface area contributed by atoms with E-state index in [4.69, 9.17) is 42.1 Å². The molecular weight excluding hydrogens is 547 g/mol. The van der Waals surface area contributed by atoms with Gasteiger partial charge in [-0.25, -0.2) is 5.43 Å². The molecule has 0 atom stereocenters. The van der Waals surface area contributed by atoms with Gasteiger partial charge in [-0.1, -0.05) is 29.3 Å². The van der Waals surface area contributed by atoms with Gasteiger partial charge in [0.2, 0.25) is 0 Å². The average Bonchev–Trinajstić information content (AvgIpc) is 2.84. The van der Waals surface area contributed by atoms with Crippen LogP contribution in [0.15, 0.2) is 64.2 Å². The van der Waals surface area contributed by atoms with Crippen LogP contribution in [0.2, 0.25) is 10.0 Å². The van der Waals surface area contributed by atoms with E-state index < -0.39 is 5.91 Å². The Hall–Kier alpha value is -2.94. The van der Waals surface area contributed by atoms with E-state index in [0.29, 0.717) is 43.1 Å². The number of nitrogens with zero attached hydrogens (tertiary/aromatic N) is 1. The molecule has 3 aromatic rings. The Bertz CT molecular complexity index is 1170. The van der Waals surface area contributed by atoms with Crippen molar-refractivity contribution in [2.75, 3.05) is 20.8 Å². The summed E-state index contributed by atoms with van der Waals surface area (Å²) in [6.45, 7) is 0.0850. The molecule has 0 aliphatic carbocycles. The van der Waals surface area contributed by atoms with Crippen molar-refractivity contribution in [2.45, 2.75) is 6.61 Å². The molecule has 0 fully saturated rings. The third-order valence-corrected chi connectivity index (χ3v) is 5.78. The minimum Gasteiger partial charge on any atom is -0.497 e. The summed E-state index contributed by atoms with van der Waals surface area (Å²) in [5, 5.41) is 4.90. The zero-order chi connectivity index (χ0) is 24.5. The molecule has 3 rings (SSSR count). The van der Waals surface area contributed by atoms with E-state index >= 15 is 0 Å². The van der Waals surface area contributed by atoms with Crippen molar-refractivity contribution >= 4 is 51.3 Å². The molecule has 10 heteroatoms. The van der Waals surface area contributed by atoms with Crippen LogP contribution in [0.3, 0.4) is 0 Å². The SMILES string of the molecule is COc1ccc(OCC(=O)N/N=C\c2cc(Br)c(OCc3ccc(Cl)c(Cl)c3)c(OC)c2)cc1. The van der Waals surface area contributed by atoms with Crippen molar-refractivity contribution in [1.82, 2.24) is 5.43 Å². The predicted octanol–water partition coefficient (Wildman–Crippen LogP) is 5.88. The number of hydrogen-bond donors (Lipinski definition) is 1. The van der Waals surface area contributed by atoms with Crippen molar-refractivity contribution in [3.8, 4) is 23.0 Å². The molecule has 1 N–H and O–H groups in total. The van der Waals surface area contributed by atoms with Gasteiger partial charge >= 0.3 is 0 Å². The molecule has 0 heterocycles. The fourth-order valence-corrected chi connectivity index (χ4v) is 3.67. The van der Waals surface area contributed by atoms with E-state index in [1.165, 1.54) is 13.3 Å². The fraction of sp³-hybridized carbons (Fsp3) is 0.167. The van der Waals surface area contributed by atoms with Crippen LogP contribution in [0.25, 0.3) is 0 Å². The van der Waals surface area contributed by atoms with E-state index in [9.17, 15) is 4.79 Å². The molecule has 34 heavy (non-hydrogen) atoms. The Balaban J connectivity index is 1.57. The third-order valence-electron chi connectivity index (χ3n) is 4.45. The number of methoxy groups -OCH3 is 2. The first-order valence-corrected chi connectivity index (χ1v) is 11.5. The molecule has 7 nitrogen and oxygen atoms in total. The van der Waals surface area contributed by atoms with E-state index in [0.717, 1.165) is 5.56 Å². The minimum atomic E-state index is -0.403.